The van der Waals surface area contributed by atoms with Gasteiger partial charge in [-0.3, -0.25) is 9.69 Å². The number of piperazine rings is 1. The molecule has 2 aliphatic heterocycles. The van der Waals surface area contributed by atoms with Crippen LogP contribution >= 0.6 is 0 Å². The van der Waals surface area contributed by atoms with E-state index in [-0.39, 0.29) is 5.91 Å². The van der Waals surface area contributed by atoms with Gasteiger partial charge in [0, 0.05) is 70.5 Å². The van der Waals surface area contributed by atoms with Crippen molar-refractivity contribution in [2.75, 3.05) is 50.7 Å². The zero-order valence-electron chi connectivity index (χ0n) is 16.8. The van der Waals surface area contributed by atoms with Crippen molar-refractivity contribution in [2.24, 2.45) is 12.2 Å². The Kier molecular flexibility index (Phi) is 5.84. The molecule has 1 unspecified atom stereocenters. The van der Waals surface area contributed by atoms with E-state index in [0.717, 1.165) is 50.7 Å². The molecule has 2 aromatic heterocycles. The SMILES string of the molecule is Cn1ccc2c1C(=O)N(CCCN1CCN(c3ncccn3)CC1)CCC2N=O. The maximum absolute atomic E-state index is 13.0. The van der Waals surface area contributed by atoms with Crippen LogP contribution in [0.3, 0.4) is 0 Å². The molecule has 154 valence electrons. The van der Waals surface area contributed by atoms with Crippen LogP contribution in [0.2, 0.25) is 0 Å². The van der Waals surface area contributed by atoms with Crippen molar-refractivity contribution < 1.29 is 4.79 Å². The summed E-state index contributed by atoms with van der Waals surface area (Å²) in [6.07, 6.45) is 6.88. The number of amides is 1. The van der Waals surface area contributed by atoms with Crippen LogP contribution in [0.25, 0.3) is 0 Å². The van der Waals surface area contributed by atoms with E-state index < -0.39 is 6.04 Å². The van der Waals surface area contributed by atoms with E-state index in [0.29, 0.717) is 25.2 Å². The first-order chi connectivity index (χ1) is 14.2. The number of hydrogen-bond acceptors (Lipinski definition) is 7. The summed E-state index contributed by atoms with van der Waals surface area (Å²) in [4.78, 5) is 39.4. The lowest BCUT2D eigenvalue weighted by atomic mass is 10.1. The second kappa shape index (κ2) is 8.69. The van der Waals surface area contributed by atoms with E-state index in [1.165, 1.54) is 0 Å². The zero-order chi connectivity index (χ0) is 20.2. The summed E-state index contributed by atoms with van der Waals surface area (Å²) in [6, 6.07) is 3.24. The molecule has 9 nitrogen and oxygen atoms in total. The van der Waals surface area contributed by atoms with Gasteiger partial charge in [-0.1, -0.05) is 5.18 Å². The summed E-state index contributed by atoms with van der Waals surface area (Å²) in [5, 5.41) is 3.25. The highest BCUT2D eigenvalue weighted by molar-refractivity contribution is 5.95. The van der Waals surface area contributed by atoms with Crippen LogP contribution in [-0.4, -0.2) is 76.1 Å². The maximum Gasteiger partial charge on any atom is 0.270 e. The molecule has 0 aliphatic carbocycles. The molecule has 0 N–H and O–H groups in total. The van der Waals surface area contributed by atoms with Gasteiger partial charge in [-0.05, 0) is 31.5 Å². The van der Waals surface area contributed by atoms with Crippen LogP contribution in [-0.2, 0) is 7.05 Å². The first-order valence-corrected chi connectivity index (χ1v) is 10.2. The second-order valence-electron chi connectivity index (χ2n) is 7.66. The molecule has 1 amide bonds. The molecule has 2 aliphatic rings. The lowest BCUT2D eigenvalue weighted by Gasteiger charge is -2.35. The van der Waals surface area contributed by atoms with E-state index in [1.54, 1.807) is 17.0 Å². The number of carbonyl (C=O) groups excluding carboxylic acids is 1. The van der Waals surface area contributed by atoms with Crippen LogP contribution in [0.4, 0.5) is 5.95 Å². The lowest BCUT2D eigenvalue weighted by molar-refractivity contribution is 0.0742. The lowest BCUT2D eigenvalue weighted by Crippen LogP contribution is -2.47. The Bertz CT molecular complexity index is 846. The Morgan fingerprint density at radius 1 is 1.10 bits per heavy atom. The van der Waals surface area contributed by atoms with Gasteiger partial charge in [0.25, 0.3) is 5.91 Å². The largest absolute Gasteiger partial charge is 0.346 e. The third-order valence-electron chi connectivity index (χ3n) is 5.86. The van der Waals surface area contributed by atoms with Crippen molar-refractivity contribution in [2.45, 2.75) is 18.9 Å². The third kappa shape index (κ3) is 4.14. The van der Waals surface area contributed by atoms with Gasteiger partial charge >= 0.3 is 0 Å². The van der Waals surface area contributed by atoms with Crippen molar-refractivity contribution in [3.8, 4) is 0 Å². The highest BCUT2D eigenvalue weighted by atomic mass is 16.3. The molecular formula is C20H27N7O2. The first kappa shape index (κ1) is 19.5. The Morgan fingerprint density at radius 2 is 1.86 bits per heavy atom. The summed E-state index contributed by atoms with van der Waals surface area (Å²) < 4.78 is 1.80. The summed E-state index contributed by atoms with van der Waals surface area (Å²) in [5.41, 5.74) is 1.36. The molecule has 9 heteroatoms. The minimum Gasteiger partial charge on any atom is -0.346 e. The van der Waals surface area contributed by atoms with Crippen LogP contribution < -0.4 is 4.90 Å². The van der Waals surface area contributed by atoms with Gasteiger partial charge in [-0.15, -0.1) is 0 Å². The average Bonchev–Trinajstić information content (AvgIpc) is 3.08. The molecule has 0 saturated carbocycles. The standard InChI is InChI=1S/C20H27N7O2/c1-24-10-4-16-17(23-29)5-11-26(19(28)18(16)24)9-3-8-25-12-14-27(15-13-25)20-21-6-2-7-22-20/h2,4,6-7,10,17H,3,5,8-9,11-15H2,1H3. The zero-order valence-corrected chi connectivity index (χ0v) is 16.8. The second-order valence-corrected chi connectivity index (χ2v) is 7.66. The number of nitroso groups, excluding NO2 is 1. The Hall–Kier alpha value is -2.81. The van der Waals surface area contributed by atoms with Crippen LogP contribution in [0, 0.1) is 4.91 Å². The first-order valence-electron chi connectivity index (χ1n) is 10.2. The minimum absolute atomic E-state index is 0.00435. The topological polar surface area (TPSA) is 86.9 Å². The third-order valence-corrected chi connectivity index (χ3v) is 5.86. The molecule has 0 aromatic carbocycles. The maximum atomic E-state index is 13.0. The predicted octanol–water partition coefficient (Wildman–Crippen LogP) is 1.68. The summed E-state index contributed by atoms with van der Waals surface area (Å²) in [6.45, 7) is 5.96. The molecular weight excluding hydrogens is 370 g/mol. The fourth-order valence-corrected chi connectivity index (χ4v) is 4.21. The van der Waals surface area contributed by atoms with Crippen LogP contribution in [0.15, 0.2) is 35.9 Å². The Labute approximate surface area is 170 Å². The molecule has 0 spiro atoms. The predicted molar refractivity (Wildman–Crippen MR) is 110 cm³/mol. The van der Waals surface area contributed by atoms with Crippen molar-refractivity contribution in [1.29, 1.82) is 0 Å². The van der Waals surface area contributed by atoms with Crippen molar-refractivity contribution in [3.05, 3.63) is 46.9 Å². The van der Waals surface area contributed by atoms with E-state index in [2.05, 4.69) is 24.9 Å². The van der Waals surface area contributed by atoms with E-state index in [9.17, 15) is 9.70 Å². The van der Waals surface area contributed by atoms with Crippen LogP contribution in [0.1, 0.15) is 34.9 Å². The van der Waals surface area contributed by atoms with E-state index in [1.807, 2.05) is 30.3 Å². The van der Waals surface area contributed by atoms with Gasteiger partial charge in [-0.2, -0.15) is 4.91 Å². The minimum atomic E-state index is -0.437. The molecule has 1 fully saturated rings. The van der Waals surface area contributed by atoms with Gasteiger partial charge in [0.15, 0.2) is 0 Å². The average molecular weight is 397 g/mol. The smallest absolute Gasteiger partial charge is 0.270 e. The van der Waals surface area contributed by atoms with Crippen molar-refractivity contribution in [1.82, 2.24) is 24.3 Å². The molecule has 1 atom stereocenters. The van der Waals surface area contributed by atoms with Crippen LogP contribution in [0.5, 0.6) is 0 Å². The van der Waals surface area contributed by atoms with Gasteiger partial charge in [0.05, 0.1) is 0 Å². The molecule has 4 rings (SSSR count). The quantitative estimate of drug-likeness (QED) is 0.690. The van der Waals surface area contributed by atoms with Gasteiger partial charge in [0.2, 0.25) is 5.95 Å². The molecule has 29 heavy (non-hydrogen) atoms. The van der Waals surface area contributed by atoms with Gasteiger partial charge in [-0.25, -0.2) is 9.97 Å². The highest BCUT2D eigenvalue weighted by Gasteiger charge is 2.31. The summed E-state index contributed by atoms with van der Waals surface area (Å²) in [7, 11) is 1.85. The number of carbonyl (C=O) groups is 1. The Morgan fingerprint density at radius 3 is 2.59 bits per heavy atom. The molecule has 4 heterocycles. The summed E-state index contributed by atoms with van der Waals surface area (Å²) >= 11 is 0. The van der Waals surface area contributed by atoms with Gasteiger partial charge in [0.1, 0.15) is 11.7 Å². The number of hydrogen-bond donors (Lipinski definition) is 0. The fraction of sp³-hybridized carbons (Fsp3) is 0.550. The molecule has 0 radical (unpaired) electrons. The number of rotatable bonds is 6. The number of aryl methyl sites for hydroxylation is 1. The van der Waals surface area contributed by atoms with E-state index in [4.69, 9.17) is 0 Å². The normalized spacial score (nSPS) is 20.4. The molecule has 0 bridgehead atoms. The summed E-state index contributed by atoms with van der Waals surface area (Å²) in [5.74, 6) is 0.795. The van der Waals surface area contributed by atoms with Crippen molar-refractivity contribution in [3.63, 3.8) is 0 Å². The molecule has 2 aromatic rings. The van der Waals surface area contributed by atoms with E-state index >= 15 is 0 Å². The number of nitrogens with zero attached hydrogens (tertiary/aromatic N) is 7. The Balaban J connectivity index is 1.28. The number of anilines is 1. The molecule has 1 saturated heterocycles. The monoisotopic (exact) mass is 397 g/mol. The number of aromatic nitrogens is 3. The highest BCUT2D eigenvalue weighted by Crippen LogP contribution is 2.30. The van der Waals surface area contributed by atoms with Gasteiger partial charge < -0.3 is 14.4 Å². The van der Waals surface area contributed by atoms with Crippen molar-refractivity contribution >= 4 is 11.9 Å². The fourth-order valence-electron chi connectivity index (χ4n) is 4.21. The number of fused-ring (bicyclic) bond motifs is 1.